The van der Waals surface area contributed by atoms with Gasteiger partial charge in [-0.1, -0.05) is 17.7 Å². The van der Waals surface area contributed by atoms with Crippen molar-refractivity contribution in [1.29, 1.82) is 0 Å². The molecule has 3 aromatic rings. The van der Waals surface area contributed by atoms with Crippen molar-refractivity contribution in [3.05, 3.63) is 47.2 Å². The summed E-state index contributed by atoms with van der Waals surface area (Å²) in [6.45, 7) is 3.83. The average Bonchev–Trinajstić information content (AvgIpc) is 3.15. The summed E-state index contributed by atoms with van der Waals surface area (Å²) in [5.41, 5.74) is 1.93. The van der Waals surface area contributed by atoms with E-state index in [0.717, 1.165) is 41.8 Å². The molecule has 0 radical (unpaired) electrons. The Balaban J connectivity index is 1.48. The molecule has 6 nitrogen and oxygen atoms in total. The van der Waals surface area contributed by atoms with Crippen molar-refractivity contribution in [3.8, 4) is 0 Å². The highest BCUT2D eigenvalue weighted by Crippen LogP contribution is 2.24. The molecule has 1 fully saturated rings. The predicted molar refractivity (Wildman–Crippen MR) is 91.2 cm³/mol. The van der Waals surface area contributed by atoms with E-state index in [4.69, 9.17) is 11.6 Å². The minimum Gasteiger partial charge on any atom is -0.369 e. The number of aryl methyl sites for hydroxylation is 1. The van der Waals surface area contributed by atoms with Crippen LogP contribution in [0.4, 0.5) is 11.5 Å². The first-order valence-corrected chi connectivity index (χ1v) is 8.03. The van der Waals surface area contributed by atoms with Crippen LogP contribution in [0, 0.1) is 6.92 Å². The lowest BCUT2D eigenvalue weighted by molar-refractivity contribution is 0.783. The lowest BCUT2D eigenvalue weighted by Gasteiger charge is -2.19. The van der Waals surface area contributed by atoms with Crippen molar-refractivity contribution >= 4 is 28.8 Å². The van der Waals surface area contributed by atoms with Crippen molar-refractivity contribution in [3.63, 3.8) is 0 Å². The lowest BCUT2D eigenvalue weighted by Crippen LogP contribution is -2.26. The number of nitrogens with one attached hydrogen (secondary N) is 1. The lowest BCUT2D eigenvalue weighted by atomic mass is 10.2. The number of rotatable bonds is 3. The summed E-state index contributed by atoms with van der Waals surface area (Å²) >= 11 is 6.08. The summed E-state index contributed by atoms with van der Waals surface area (Å²) in [5, 5.41) is 16.9. The smallest absolute Gasteiger partial charge is 0.178 e. The number of hydrogen-bond donors (Lipinski definition) is 1. The molecule has 1 aliphatic heterocycles. The van der Waals surface area contributed by atoms with Crippen molar-refractivity contribution in [2.75, 3.05) is 23.3 Å². The quantitative estimate of drug-likeness (QED) is 0.801. The Hall–Kier alpha value is -2.34. The third-order valence-corrected chi connectivity index (χ3v) is 4.37. The van der Waals surface area contributed by atoms with Crippen LogP contribution < -0.4 is 10.2 Å². The van der Waals surface area contributed by atoms with E-state index in [9.17, 15) is 0 Å². The first-order valence-electron chi connectivity index (χ1n) is 7.65. The van der Waals surface area contributed by atoms with Crippen LogP contribution in [-0.2, 0) is 0 Å². The zero-order chi connectivity index (χ0) is 15.8. The average molecular weight is 329 g/mol. The Labute approximate surface area is 139 Å². The molecule has 1 atom stereocenters. The van der Waals surface area contributed by atoms with Gasteiger partial charge in [-0.3, -0.25) is 0 Å². The van der Waals surface area contributed by atoms with Gasteiger partial charge in [0.1, 0.15) is 5.82 Å². The highest BCUT2D eigenvalue weighted by molar-refractivity contribution is 6.30. The molecule has 4 rings (SSSR count). The Morgan fingerprint density at radius 1 is 1.22 bits per heavy atom. The molecule has 1 aliphatic rings. The Kier molecular flexibility index (Phi) is 3.53. The van der Waals surface area contributed by atoms with Gasteiger partial charge in [0, 0.05) is 29.8 Å². The molecular formula is C16H17ClN6. The van der Waals surface area contributed by atoms with E-state index in [1.165, 1.54) is 5.69 Å². The van der Waals surface area contributed by atoms with Gasteiger partial charge in [0.15, 0.2) is 11.5 Å². The van der Waals surface area contributed by atoms with E-state index in [1.54, 1.807) is 4.52 Å². The number of benzene rings is 1. The molecule has 1 aromatic carbocycles. The Bertz CT molecular complexity index is 845. The molecule has 0 bridgehead atoms. The SMILES string of the molecule is Cc1nnc2ccc(NC3CCN(c4cccc(Cl)c4)C3)nn12. The first kappa shape index (κ1) is 14.3. The van der Waals surface area contributed by atoms with E-state index in [1.807, 2.05) is 37.3 Å². The van der Waals surface area contributed by atoms with Crippen LogP contribution in [0.3, 0.4) is 0 Å². The Morgan fingerprint density at radius 3 is 3.00 bits per heavy atom. The van der Waals surface area contributed by atoms with E-state index in [2.05, 4.69) is 31.6 Å². The molecule has 1 unspecified atom stereocenters. The van der Waals surface area contributed by atoms with Gasteiger partial charge in [-0.05, 0) is 43.7 Å². The van der Waals surface area contributed by atoms with Crippen LogP contribution in [0.1, 0.15) is 12.2 Å². The summed E-state index contributed by atoms with van der Waals surface area (Å²) in [7, 11) is 0. The van der Waals surface area contributed by atoms with Crippen LogP contribution in [0.5, 0.6) is 0 Å². The third-order valence-electron chi connectivity index (χ3n) is 4.13. The van der Waals surface area contributed by atoms with Crippen molar-refractivity contribution in [2.24, 2.45) is 0 Å². The standard InChI is InChI=1S/C16H17ClN6/c1-11-19-20-16-6-5-15(21-23(11)16)18-13-7-8-22(10-13)14-4-2-3-12(17)9-14/h2-6,9,13H,7-8,10H2,1H3,(H,18,21). The van der Waals surface area contributed by atoms with Crippen LogP contribution in [-0.4, -0.2) is 38.9 Å². The number of halogens is 1. The van der Waals surface area contributed by atoms with Gasteiger partial charge in [0.05, 0.1) is 0 Å². The van der Waals surface area contributed by atoms with E-state index in [-0.39, 0.29) is 0 Å². The van der Waals surface area contributed by atoms with Crippen LogP contribution in [0.25, 0.3) is 5.65 Å². The first-order chi connectivity index (χ1) is 11.2. The highest BCUT2D eigenvalue weighted by atomic mass is 35.5. The van der Waals surface area contributed by atoms with E-state index < -0.39 is 0 Å². The molecule has 23 heavy (non-hydrogen) atoms. The largest absolute Gasteiger partial charge is 0.369 e. The fraction of sp³-hybridized carbons (Fsp3) is 0.312. The zero-order valence-corrected chi connectivity index (χ0v) is 13.5. The number of anilines is 2. The summed E-state index contributed by atoms with van der Waals surface area (Å²) < 4.78 is 1.76. The second-order valence-electron chi connectivity index (χ2n) is 5.79. The maximum Gasteiger partial charge on any atom is 0.178 e. The van der Waals surface area contributed by atoms with Gasteiger partial charge in [-0.2, -0.15) is 4.52 Å². The van der Waals surface area contributed by atoms with Gasteiger partial charge in [0.2, 0.25) is 0 Å². The molecule has 1 N–H and O–H groups in total. The second kappa shape index (κ2) is 5.70. The maximum atomic E-state index is 6.08. The van der Waals surface area contributed by atoms with Crippen LogP contribution >= 0.6 is 11.6 Å². The molecular weight excluding hydrogens is 312 g/mol. The molecule has 0 saturated carbocycles. The van der Waals surface area contributed by atoms with E-state index >= 15 is 0 Å². The van der Waals surface area contributed by atoms with Gasteiger partial charge in [0.25, 0.3) is 0 Å². The predicted octanol–water partition coefficient (Wildman–Crippen LogP) is 2.78. The van der Waals surface area contributed by atoms with Gasteiger partial charge < -0.3 is 10.2 Å². The fourth-order valence-electron chi connectivity index (χ4n) is 2.97. The number of aromatic nitrogens is 4. The monoisotopic (exact) mass is 328 g/mol. The topological polar surface area (TPSA) is 58.4 Å². The summed E-state index contributed by atoms with van der Waals surface area (Å²) in [6.07, 6.45) is 1.06. The molecule has 118 valence electrons. The van der Waals surface area contributed by atoms with Crippen LogP contribution in [0.15, 0.2) is 36.4 Å². The normalized spacial score (nSPS) is 17.8. The molecule has 3 heterocycles. The van der Waals surface area contributed by atoms with E-state index in [0.29, 0.717) is 6.04 Å². The molecule has 0 spiro atoms. The maximum absolute atomic E-state index is 6.08. The van der Waals surface area contributed by atoms with Crippen molar-refractivity contribution in [1.82, 2.24) is 19.8 Å². The highest BCUT2D eigenvalue weighted by Gasteiger charge is 2.23. The van der Waals surface area contributed by atoms with Gasteiger partial charge in [-0.15, -0.1) is 15.3 Å². The van der Waals surface area contributed by atoms with Crippen molar-refractivity contribution in [2.45, 2.75) is 19.4 Å². The number of nitrogens with zero attached hydrogens (tertiary/aromatic N) is 5. The van der Waals surface area contributed by atoms with Gasteiger partial charge in [-0.25, -0.2) is 0 Å². The second-order valence-corrected chi connectivity index (χ2v) is 6.23. The number of hydrogen-bond acceptors (Lipinski definition) is 5. The minimum absolute atomic E-state index is 0.357. The van der Waals surface area contributed by atoms with Gasteiger partial charge >= 0.3 is 0 Å². The third kappa shape index (κ3) is 2.82. The minimum atomic E-state index is 0.357. The van der Waals surface area contributed by atoms with Crippen molar-refractivity contribution < 1.29 is 0 Å². The molecule has 1 saturated heterocycles. The molecule has 0 amide bonds. The molecule has 2 aromatic heterocycles. The summed E-state index contributed by atoms with van der Waals surface area (Å²) in [6, 6.07) is 12.2. The fourth-order valence-corrected chi connectivity index (χ4v) is 3.15. The zero-order valence-electron chi connectivity index (χ0n) is 12.8. The van der Waals surface area contributed by atoms with Crippen LogP contribution in [0.2, 0.25) is 5.02 Å². The number of fused-ring (bicyclic) bond motifs is 1. The summed E-state index contributed by atoms with van der Waals surface area (Å²) in [4.78, 5) is 2.34. The summed E-state index contributed by atoms with van der Waals surface area (Å²) in [5.74, 6) is 1.63. The Morgan fingerprint density at radius 2 is 2.13 bits per heavy atom. The molecule has 0 aliphatic carbocycles. The molecule has 7 heteroatoms.